The van der Waals surface area contributed by atoms with E-state index >= 15 is 0 Å². The predicted octanol–water partition coefficient (Wildman–Crippen LogP) is 9.09. The molecule has 0 radical (unpaired) electrons. The van der Waals surface area contributed by atoms with Gasteiger partial charge in [-0.25, -0.2) is 9.37 Å². The minimum atomic E-state index is -1.27. The van der Waals surface area contributed by atoms with Gasteiger partial charge in [0.1, 0.15) is 24.2 Å². The number of benzene rings is 3. The van der Waals surface area contributed by atoms with Gasteiger partial charge in [-0.3, -0.25) is 9.47 Å². The third-order valence-electron chi connectivity index (χ3n) is 11.6. The molecule has 1 saturated carbocycles. The average Bonchev–Trinajstić information content (AvgIpc) is 3.65. The highest BCUT2D eigenvalue weighted by Crippen LogP contribution is 2.50. The van der Waals surface area contributed by atoms with Crippen LogP contribution >= 0.6 is 11.6 Å². The zero-order valence-electron chi connectivity index (χ0n) is 32.2. The fraction of sp³-hybridized carbons (Fsp3) is 0.500. The van der Waals surface area contributed by atoms with Gasteiger partial charge in [-0.1, -0.05) is 43.4 Å². The second-order valence-electron chi connectivity index (χ2n) is 17.1. The Morgan fingerprint density at radius 1 is 0.945 bits per heavy atom. The monoisotopic (exact) mass is 784 g/mol. The Kier molecular flexibility index (Phi) is 9.77. The second-order valence-corrected chi connectivity index (χ2v) is 23.1. The topological polar surface area (TPSA) is 88.7 Å². The Balaban J connectivity index is 0.922. The number of halogens is 2. The van der Waals surface area contributed by atoms with Gasteiger partial charge in [-0.2, -0.15) is 0 Å². The summed E-state index contributed by atoms with van der Waals surface area (Å²) in [6, 6.07) is 18.3. The lowest BCUT2D eigenvalue weighted by atomic mass is 9.88. The largest absolute Gasteiger partial charge is 0.444 e. The van der Waals surface area contributed by atoms with Crippen molar-refractivity contribution in [3.05, 3.63) is 88.2 Å². The van der Waals surface area contributed by atoms with Crippen molar-refractivity contribution in [2.75, 3.05) is 26.3 Å². The lowest BCUT2D eigenvalue weighted by Crippen LogP contribution is -2.35. The van der Waals surface area contributed by atoms with Gasteiger partial charge >= 0.3 is 0 Å². The summed E-state index contributed by atoms with van der Waals surface area (Å²) < 4.78 is 44.4. The van der Waals surface area contributed by atoms with E-state index in [1.807, 2.05) is 12.1 Å². The summed E-state index contributed by atoms with van der Waals surface area (Å²) in [6.07, 6.45) is 5.49. The highest BCUT2D eigenvalue weighted by Gasteiger charge is 2.43. The number of hydrogen-bond donors (Lipinski definition) is 0. The molecule has 5 heterocycles. The number of hydrogen-bond acceptors (Lipinski definition) is 8. The average molecular weight is 785 g/mol. The normalized spacial score (nSPS) is 21.7. The molecule has 10 nitrogen and oxygen atoms in total. The molecule has 1 aliphatic carbocycles. The molecule has 2 aromatic heterocycles. The summed E-state index contributed by atoms with van der Waals surface area (Å²) in [7, 11) is -1.19. The first-order valence-corrected chi connectivity index (χ1v) is 23.9. The van der Waals surface area contributed by atoms with Crippen LogP contribution in [0.5, 0.6) is 11.5 Å². The summed E-state index contributed by atoms with van der Waals surface area (Å²) in [4.78, 5) is 7.78. The highest BCUT2D eigenvalue weighted by molar-refractivity contribution is 6.76. The van der Waals surface area contributed by atoms with Gasteiger partial charge in [0.25, 0.3) is 5.79 Å². The van der Waals surface area contributed by atoms with Gasteiger partial charge in [0.15, 0.2) is 17.3 Å². The van der Waals surface area contributed by atoms with Crippen molar-refractivity contribution in [3.8, 4) is 22.9 Å². The van der Waals surface area contributed by atoms with E-state index < -0.39 is 19.7 Å². The zero-order chi connectivity index (χ0) is 37.9. The molecule has 0 amide bonds. The number of fused-ring (bicyclic) bond motifs is 2. The number of aromatic nitrogens is 5. The number of piperidine rings is 1. The maximum atomic E-state index is 15.0. The molecule has 3 aliphatic heterocycles. The third-order valence-corrected chi connectivity index (χ3v) is 13.6. The van der Waals surface area contributed by atoms with Gasteiger partial charge in [0, 0.05) is 50.3 Å². The Morgan fingerprint density at radius 3 is 2.49 bits per heavy atom. The van der Waals surface area contributed by atoms with E-state index in [9.17, 15) is 4.39 Å². The summed E-state index contributed by atoms with van der Waals surface area (Å²) in [6.45, 7) is 14.3. The lowest BCUT2D eigenvalue weighted by Gasteiger charge is -2.33. The van der Waals surface area contributed by atoms with E-state index in [0.29, 0.717) is 34.7 Å². The van der Waals surface area contributed by atoms with Crippen LogP contribution in [0.1, 0.15) is 73.6 Å². The van der Waals surface area contributed by atoms with Gasteiger partial charge in [-0.15, -0.1) is 10.2 Å². The SMILES string of the molecule is CC1(c2ccc(Cl)cc2F)Oc2cccc(C3CCN(Cc4nc5cc(-c6nnc(C7CC7)n6COCC[Si](C)(C)C)ccc5n4CC4CCO4)CC3)c2O1. The Morgan fingerprint density at radius 2 is 1.76 bits per heavy atom. The smallest absolute Gasteiger partial charge is 0.278 e. The maximum Gasteiger partial charge on any atom is 0.278 e. The van der Waals surface area contributed by atoms with Crippen molar-refractivity contribution in [1.29, 1.82) is 0 Å². The van der Waals surface area contributed by atoms with Crippen molar-refractivity contribution in [2.24, 2.45) is 0 Å². The fourth-order valence-corrected chi connectivity index (χ4v) is 9.06. The number of likely N-dealkylation sites (tertiary alicyclic amines) is 1. The van der Waals surface area contributed by atoms with Crippen LogP contribution in [-0.4, -0.2) is 69.7 Å². The van der Waals surface area contributed by atoms with E-state index in [1.54, 1.807) is 19.1 Å². The lowest BCUT2D eigenvalue weighted by molar-refractivity contribution is -0.0712. The highest BCUT2D eigenvalue weighted by atomic mass is 35.5. The number of imidazole rings is 1. The van der Waals surface area contributed by atoms with Crippen LogP contribution in [0.25, 0.3) is 22.4 Å². The Hall–Kier alpha value is -3.81. The molecule has 4 aliphatic rings. The predicted molar refractivity (Wildman–Crippen MR) is 213 cm³/mol. The molecule has 0 spiro atoms. The van der Waals surface area contributed by atoms with Crippen LogP contribution in [0.2, 0.25) is 30.7 Å². The first-order valence-electron chi connectivity index (χ1n) is 19.8. The van der Waals surface area contributed by atoms with E-state index in [2.05, 4.69) is 63.0 Å². The van der Waals surface area contributed by atoms with Crippen LogP contribution in [0.4, 0.5) is 4.39 Å². The minimum absolute atomic E-state index is 0.202. The molecule has 0 N–H and O–H groups in total. The van der Waals surface area contributed by atoms with Gasteiger partial charge in [-0.05, 0) is 99.6 Å². The van der Waals surface area contributed by atoms with Crippen LogP contribution in [-0.2, 0) is 35.1 Å². The van der Waals surface area contributed by atoms with Crippen molar-refractivity contribution >= 4 is 30.7 Å². The molecule has 2 saturated heterocycles. The van der Waals surface area contributed by atoms with Crippen molar-refractivity contribution < 1.29 is 23.3 Å². The van der Waals surface area contributed by atoms with Crippen LogP contribution in [0, 0.1) is 5.82 Å². The standard InChI is InChI=1S/C42H50ClFN6O4Si/c1-42(33-12-11-30(43)23-34(33)44)53-37-7-5-6-32(39(37)54-42)27-14-17-48(18-15-27)25-38-45-35-22-29(10-13-36(35)49(38)24-31-16-19-52-31)41-47-46-40(28-8-9-28)50(41)26-51-20-21-55(2,3)4/h5-7,10-13,22-23,27-28,31H,8-9,14-21,24-26H2,1-4H3. The summed E-state index contributed by atoms with van der Waals surface area (Å²) in [5.74, 6) is 3.30. The first-order chi connectivity index (χ1) is 26.5. The van der Waals surface area contributed by atoms with Crippen molar-refractivity contribution in [1.82, 2.24) is 29.2 Å². The molecule has 9 rings (SSSR count). The molecule has 0 bridgehead atoms. The first kappa shape index (κ1) is 36.8. The summed E-state index contributed by atoms with van der Waals surface area (Å²) >= 11 is 6.04. The molecule has 290 valence electrons. The maximum absolute atomic E-state index is 15.0. The van der Waals surface area contributed by atoms with Gasteiger partial charge < -0.3 is 23.5 Å². The molecular weight excluding hydrogens is 735 g/mol. The number of ether oxygens (including phenoxy) is 4. The number of nitrogens with zero attached hydrogens (tertiary/aromatic N) is 6. The summed E-state index contributed by atoms with van der Waals surface area (Å²) in [5, 5.41) is 9.69. The molecule has 5 aromatic rings. The molecule has 13 heteroatoms. The van der Waals surface area contributed by atoms with Crippen molar-refractivity contribution in [2.45, 2.75) is 108 Å². The fourth-order valence-electron chi connectivity index (χ4n) is 8.15. The van der Waals surface area contributed by atoms with Crippen LogP contribution in [0.3, 0.4) is 0 Å². The van der Waals surface area contributed by atoms with Crippen LogP contribution < -0.4 is 9.47 Å². The quantitative estimate of drug-likeness (QED) is 0.0864. The van der Waals surface area contributed by atoms with Gasteiger partial charge in [0.2, 0.25) is 0 Å². The summed E-state index contributed by atoms with van der Waals surface area (Å²) in [5.41, 5.74) is 4.51. The minimum Gasteiger partial charge on any atom is -0.444 e. The van der Waals surface area contributed by atoms with E-state index in [0.717, 1.165) is 117 Å². The van der Waals surface area contributed by atoms with Crippen molar-refractivity contribution in [3.63, 3.8) is 0 Å². The third kappa shape index (κ3) is 7.56. The van der Waals surface area contributed by atoms with E-state index in [-0.39, 0.29) is 12.0 Å². The number of rotatable bonds is 13. The molecule has 55 heavy (non-hydrogen) atoms. The van der Waals surface area contributed by atoms with E-state index in [1.165, 1.54) is 6.07 Å². The molecule has 2 unspecified atom stereocenters. The molecule has 2 atom stereocenters. The molecule has 3 aromatic carbocycles. The van der Waals surface area contributed by atoms with Gasteiger partial charge in [0.05, 0.1) is 35.8 Å². The molecular formula is C42H50ClFN6O4Si. The molecule has 3 fully saturated rings. The van der Waals surface area contributed by atoms with E-state index in [4.69, 9.17) is 40.6 Å². The zero-order valence-corrected chi connectivity index (χ0v) is 33.9. The second kappa shape index (κ2) is 14.6. The Labute approximate surface area is 327 Å². The number of para-hydroxylation sites is 1. The Bertz CT molecular complexity index is 2210. The van der Waals surface area contributed by atoms with Crippen LogP contribution in [0.15, 0.2) is 54.6 Å².